The maximum absolute atomic E-state index is 13.7. The number of carbonyl (C=O) groups excluding carboxylic acids is 1. The Labute approximate surface area is 287 Å². The first-order chi connectivity index (χ1) is 21.7. The van der Waals surface area contributed by atoms with E-state index >= 15 is 0 Å². The molecule has 0 atom stereocenters. The fourth-order valence-corrected chi connectivity index (χ4v) is 5.72. The molecule has 5 rings (SSSR count). The smallest absolute Gasteiger partial charge is 0.419 e. The molecule has 0 fully saturated rings. The summed E-state index contributed by atoms with van der Waals surface area (Å²) in [6, 6.07) is 14.8. The van der Waals surface area contributed by atoms with Crippen molar-refractivity contribution in [3.05, 3.63) is 84.0 Å². The van der Waals surface area contributed by atoms with Crippen molar-refractivity contribution >= 4 is 33.4 Å². The maximum atomic E-state index is 13.7. The van der Waals surface area contributed by atoms with Crippen LogP contribution in [0.1, 0.15) is 85.3 Å². The maximum Gasteiger partial charge on any atom is 0.419 e. The van der Waals surface area contributed by atoms with Crippen LogP contribution < -0.4 is 0 Å². The summed E-state index contributed by atoms with van der Waals surface area (Å²) < 4.78 is 42.6. The molecule has 0 spiro atoms. The van der Waals surface area contributed by atoms with Crippen LogP contribution in [-0.2, 0) is 36.5 Å². The van der Waals surface area contributed by atoms with E-state index in [1.54, 1.807) is 16.7 Å². The number of fused-ring (bicyclic) bond motifs is 4. The van der Waals surface area contributed by atoms with Crippen LogP contribution >= 0.6 is 0 Å². The number of carbonyl (C=O) groups is 1. The normalized spacial score (nSPS) is 12.5. The van der Waals surface area contributed by atoms with Crippen LogP contribution in [0, 0.1) is 17.9 Å². The van der Waals surface area contributed by atoms with Crippen LogP contribution in [0.5, 0.6) is 0 Å². The molecule has 6 nitrogen and oxygen atoms in total. The Hall–Kier alpha value is -3.62. The first-order valence-electron chi connectivity index (χ1n) is 15.8. The van der Waals surface area contributed by atoms with Crippen LogP contribution in [0.4, 0.5) is 13.2 Å². The van der Waals surface area contributed by atoms with E-state index in [0.29, 0.717) is 11.3 Å². The van der Waals surface area contributed by atoms with Gasteiger partial charge in [0.2, 0.25) is 5.78 Å². The molecule has 0 saturated heterocycles. The number of benzene rings is 2. The van der Waals surface area contributed by atoms with Gasteiger partial charge in [-0.05, 0) is 37.2 Å². The van der Waals surface area contributed by atoms with Crippen LogP contribution in [0.2, 0.25) is 0 Å². The van der Waals surface area contributed by atoms with Crippen molar-refractivity contribution in [3.63, 3.8) is 0 Å². The van der Waals surface area contributed by atoms with E-state index in [2.05, 4.69) is 41.8 Å². The van der Waals surface area contributed by atoms with Gasteiger partial charge >= 0.3 is 6.18 Å². The molecular weight excluding hydrogens is 782 g/mol. The molecule has 0 amide bonds. The number of hydrogen-bond donors (Lipinski definition) is 1. The fourth-order valence-electron chi connectivity index (χ4n) is 5.72. The second-order valence-electron chi connectivity index (χ2n) is 12.5. The van der Waals surface area contributed by atoms with E-state index in [1.807, 2.05) is 58.0 Å². The molecule has 3 aromatic heterocycles. The van der Waals surface area contributed by atoms with E-state index in [4.69, 9.17) is 0 Å². The zero-order chi connectivity index (χ0) is 33.8. The minimum Gasteiger partial charge on any atom is -0.512 e. The van der Waals surface area contributed by atoms with Crippen LogP contribution in [0.25, 0.3) is 38.8 Å². The summed E-state index contributed by atoms with van der Waals surface area (Å²) in [6.07, 6.45) is 4.33. The van der Waals surface area contributed by atoms with Gasteiger partial charge in [0.05, 0.1) is 16.8 Å². The average molecular weight is 824 g/mol. The van der Waals surface area contributed by atoms with Gasteiger partial charge in [-0.15, -0.1) is 29.1 Å². The summed E-state index contributed by atoms with van der Waals surface area (Å²) in [5.41, 5.74) is 1.11. The molecule has 0 unspecified atom stereocenters. The van der Waals surface area contributed by atoms with E-state index in [1.165, 1.54) is 12.3 Å². The summed E-state index contributed by atoms with van der Waals surface area (Å²) in [5.74, 6) is 0.736. The van der Waals surface area contributed by atoms with Gasteiger partial charge in [-0.1, -0.05) is 77.6 Å². The quantitative estimate of drug-likeness (QED) is 0.0958. The third kappa shape index (κ3) is 8.28. The zero-order valence-corrected chi connectivity index (χ0v) is 30.3. The third-order valence-electron chi connectivity index (χ3n) is 8.43. The number of hydrogen-bond acceptors (Lipinski definition) is 5. The Morgan fingerprint density at radius 2 is 1.60 bits per heavy atom. The Morgan fingerprint density at radius 3 is 2.19 bits per heavy atom. The largest absolute Gasteiger partial charge is 0.512 e. The molecule has 3 heterocycles. The number of halogens is 3. The molecule has 0 bridgehead atoms. The Bertz CT molecular complexity index is 1870. The van der Waals surface area contributed by atoms with E-state index in [9.17, 15) is 23.1 Å². The number of alkyl halides is 3. The van der Waals surface area contributed by atoms with E-state index < -0.39 is 11.7 Å². The Balaban J connectivity index is 0.000000322. The van der Waals surface area contributed by atoms with Gasteiger partial charge in [0.25, 0.3) is 0 Å². The van der Waals surface area contributed by atoms with Gasteiger partial charge in [-0.2, -0.15) is 13.2 Å². The minimum absolute atomic E-state index is 0. The van der Waals surface area contributed by atoms with Crippen LogP contribution in [0.15, 0.2) is 66.8 Å². The number of aliphatic hydroxyl groups is 1. The van der Waals surface area contributed by atoms with Crippen LogP contribution in [-0.4, -0.2) is 30.2 Å². The van der Waals surface area contributed by atoms with Gasteiger partial charge in [0, 0.05) is 62.3 Å². The SMILES string of the molecule is CC(C)(C)c1cc(-c2ncc(C(F)(F)F)c3nc4ncccn4c23)[c-]c2ccccc12.CCC(CC)C(=O)/C=C(\O)C(CC)CC.[Ir]. The molecule has 0 saturated carbocycles. The summed E-state index contributed by atoms with van der Waals surface area (Å²) in [5, 5.41) is 11.7. The predicted octanol–water partition coefficient (Wildman–Crippen LogP) is 10.1. The second kappa shape index (κ2) is 15.5. The van der Waals surface area contributed by atoms with Crippen molar-refractivity contribution in [2.75, 3.05) is 0 Å². The molecular formula is C37H42F3IrN4O2-. The van der Waals surface area contributed by atoms with Crippen molar-refractivity contribution in [3.8, 4) is 11.3 Å². The van der Waals surface area contributed by atoms with Gasteiger partial charge in [0.1, 0.15) is 5.56 Å². The van der Waals surface area contributed by atoms with Crippen molar-refractivity contribution < 1.29 is 43.2 Å². The molecule has 1 N–H and O–H groups in total. The molecule has 0 aliphatic rings. The summed E-state index contributed by atoms with van der Waals surface area (Å²) >= 11 is 0. The number of nitrogens with zero attached hydrogens (tertiary/aromatic N) is 4. The van der Waals surface area contributed by atoms with Gasteiger partial charge in [-0.3, -0.25) is 14.2 Å². The van der Waals surface area contributed by atoms with E-state index in [-0.39, 0.29) is 65.7 Å². The molecule has 253 valence electrons. The summed E-state index contributed by atoms with van der Waals surface area (Å²) in [4.78, 5) is 24.3. The Morgan fingerprint density at radius 1 is 0.957 bits per heavy atom. The van der Waals surface area contributed by atoms with Gasteiger partial charge in [-0.25, -0.2) is 9.97 Å². The molecule has 0 aliphatic carbocycles. The van der Waals surface area contributed by atoms with Crippen molar-refractivity contribution in [1.82, 2.24) is 19.4 Å². The number of ketones is 1. The summed E-state index contributed by atoms with van der Waals surface area (Å²) in [7, 11) is 0. The molecule has 47 heavy (non-hydrogen) atoms. The summed E-state index contributed by atoms with van der Waals surface area (Å²) in [6.45, 7) is 14.4. The van der Waals surface area contributed by atoms with Gasteiger partial charge in [0.15, 0.2) is 5.78 Å². The van der Waals surface area contributed by atoms with Gasteiger partial charge < -0.3 is 5.11 Å². The second-order valence-corrected chi connectivity index (χ2v) is 12.5. The average Bonchev–Trinajstić information content (AvgIpc) is 3.40. The molecule has 5 aromatic rings. The monoisotopic (exact) mass is 824 g/mol. The molecule has 0 aliphatic heterocycles. The minimum atomic E-state index is -4.58. The number of allylic oxidation sites excluding steroid dienone is 2. The molecule has 1 radical (unpaired) electrons. The van der Waals surface area contributed by atoms with Crippen LogP contribution in [0.3, 0.4) is 0 Å². The number of rotatable bonds is 8. The number of aliphatic hydroxyl groups excluding tert-OH is 1. The first kappa shape index (κ1) is 37.8. The first-order valence-corrected chi connectivity index (χ1v) is 15.8. The fraction of sp³-hybridized carbons (Fsp3) is 0.405. The number of aromatic nitrogens is 4. The molecule has 2 aromatic carbocycles. The molecule has 10 heteroatoms. The third-order valence-corrected chi connectivity index (χ3v) is 8.43. The Kier molecular flexibility index (Phi) is 12.5. The number of imidazole rings is 1. The zero-order valence-electron chi connectivity index (χ0n) is 27.9. The van der Waals surface area contributed by atoms with E-state index in [0.717, 1.165) is 48.2 Å². The van der Waals surface area contributed by atoms with Crippen molar-refractivity contribution in [2.45, 2.75) is 85.7 Å². The topological polar surface area (TPSA) is 80.4 Å². The number of pyridine rings is 1. The predicted molar refractivity (Wildman–Crippen MR) is 178 cm³/mol. The standard InChI is InChI=1S/C24H18F3N4.C13H24O2.Ir/c1-23(2,3)17-12-15(11-14-7-4-5-8-16(14)17)19-21-20(18(13-29-19)24(25,26)27)30-22-28-9-6-10-31(21)22;1-5-10(6-2)12(14)9-13(15)11(7-3)8-4;/h4-10,12-13H,1-3H3;9-11,14H,5-8H2,1-4H3;/q-1;;/b;12-9-;. The van der Waals surface area contributed by atoms with Crippen molar-refractivity contribution in [1.29, 1.82) is 0 Å². The van der Waals surface area contributed by atoms with Crippen molar-refractivity contribution in [2.24, 2.45) is 11.8 Å².